The Labute approximate surface area is 167 Å². The second-order valence-corrected chi connectivity index (χ2v) is 7.32. The summed E-state index contributed by atoms with van der Waals surface area (Å²) in [4.78, 5) is 7.75. The van der Waals surface area contributed by atoms with Crippen LogP contribution in [0.3, 0.4) is 0 Å². The molecule has 6 heteroatoms. The molecule has 4 heterocycles. The average molecular weight is 388 g/mol. The van der Waals surface area contributed by atoms with Gasteiger partial charge in [0.05, 0.1) is 22.8 Å². The molecule has 1 aliphatic rings. The van der Waals surface area contributed by atoms with Gasteiger partial charge >= 0.3 is 0 Å². The van der Waals surface area contributed by atoms with Crippen LogP contribution in [-0.4, -0.2) is 32.8 Å². The number of H-pyrrole nitrogens is 1. The summed E-state index contributed by atoms with van der Waals surface area (Å²) in [5.74, 6) is 6.37. The summed E-state index contributed by atoms with van der Waals surface area (Å²) in [6.45, 7) is 2.02. The van der Waals surface area contributed by atoms with E-state index in [4.69, 9.17) is 11.6 Å². The molecule has 0 radical (unpaired) electrons. The Morgan fingerprint density at radius 3 is 2.86 bits per heavy atom. The molecule has 1 aromatic carbocycles. The summed E-state index contributed by atoms with van der Waals surface area (Å²) in [6.07, 6.45) is 8.88. The van der Waals surface area contributed by atoms with Crippen LogP contribution in [0.25, 0.3) is 22.2 Å². The molecule has 0 aliphatic carbocycles. The lowest BCUT2D eigenvalue weighted by atomic mass is 10.1. The molecule has 0 saturated carbocycles. The first-order valence-electron chi connectivity index (χ1n) is 9.27. The minimum Gasteiger partial charge on any atom is -0.345 e. The average Bonchev–Trinajstić information content (AvgIpc) is 3.46. The first-order valence-corrected chi connectivity index (χ1v) is 9.65. The summed E-state index contributed by atoms with van der Waals surface area (Å²) in [5, 5.41) is 9.57. The number of aromatic nitrogens is 4. The van der Waals surface area contributed by atoms with Crippen molar-refractivity contribution in [2.45, 2.75) is 12.5 Å². The van der Waals surface area contributed by atoms with Crippen molar-refractivity contribution in [1.29, 1.82) is 0 Å². The highest BCUT2D eigenvalue weighted by Crippen LogP contribution is 2.26. The Morgan fingerprint density at radius 1 is 1.11 bits per heavy atom. The Morgan fingerprint density at radius 2 is 2.00 bits per heavy atom. The predicted octanol–water partition coefficient (Wildman–Crippen LogP) is 4.01. The van der Waals surface area contributed by atoms with E-state index in [9.17, 15) is 0 Å². The van der Waals surface area contributed by atoms with Gasteiger partial charge < -0.3 is 10.3 Å². The van der Waals surface area contributed by atoms with Gasteiger partial charge in [-0.25, -0.2) is 4.98 Å². The molecule has 5 rings (SSSR count). The molecule has 4 aromatic rings. The highest BCUT2D eigenvalue weighted by Gasteiger charge is 2.17. The van der Waals surface area contributed by atoms with E-state index < -0.39 is 0 Å². The molecule has 3 aromatic heterocycles. The van der Waals surface area contributed by atoms with Gasteiger partial charge in [-0.1, -0.05) is 35.6 Å². The molecule has 0 spiro atoms. The number of nitrogens with zero attached hydrogens (tertiary/aromatic N) is 3. The van der Waals surface area contributed by atoms with E-state index in [1.807, 2.05) is 42.9 Å². The second kappa shape index (κ2) is 7.16. The quantitative estimate of drug-likeness (QED) is 0.511. The maximum atomic E-state index is 6.21. The van der Waals surface area contributed by atoms with Crippen LogP contribution in [0.15, 0.2) is 55.1 Å². The molecular weight excluding hydrogens is 370 g/mol. The van der Waals surface area contributed by atoms with Crippen LogP contribution in [0.5, 0.6) is 0 Å². The molecular formula is C22H18ClN5. The van der Waals surface area contributed by atoms with Gasteiger partial charge in [0.25, 0.3) is 0 Å². The molecule has 1 unspecified atom stereocenters. The Kier molecular flexibility index (Phi) is 4.36. The smallest absolute Gasteiger partial charge is 0.138 e. The van der Waals surface area contributed by atoms with E-state index in [1.54, 1.807) is 0 Å². The van der Waals surface area contributed by atoms with Gasteiger partial charge in [0.2, 0.25) is 0 Å². The standard InChI is InChI=1S/C22H18ClN5/c23-21-4-2-1-3-15(21)5-6-16-10-25-22-20(16)9-17(11-26-22)18-12-27-28(14-18)19-7-8-24-13-19/h1-4,9-12,14,19,24H,7-8,13H2,(H,25,26). The van der Waals surface area contributed by atoms with Crippen LogP contribution < -0.4 is 5.32 Å². The molecule has 1 aliphatic heterocycles. The fourth-order valence-corrected chi connectivity index (χ4v) is 3.70. The van der Waals surface area contributed by atoms with Crippen molar-refractivity contribution in [2.75, 3.05) is 13.1 Å². The van der Waals surface area contributed by atoms with Gasteiger partial charge in [0.1, 0.15) is 5.65 Å². The van der Waals surface area contributed by atoms with E-state index in [2.05, 4.69) is 49.2 Å². The lowest BCUT2D eigenvalue weighted by Crippen LogP contribution is -2.13. The van der Waals surface area contributed by atoms with Gasteiger partial charge in [-0.3, -0.25) is 4.68 Å². The van der Waals surface area contributed by atoms with E-state index >= 15 is 0 Å². The fraction of sp³-hybridized carbons (Fsp3) is 0.182. The highest BCUT2D eigenvalue weighted by atomic mass is 35.5. The van der Waals surface area contributed by atoms with Gasteiger partial charge in [-0.15, -0.1) is 0 Å². The molecule has 28 heavy (non-hydrogen) atoms. The Balaban J connectivity index is 1.50. The van der Waals surface area contributed by atoms with Gasteiger partial charge in [-0.05, 0) is 31.2 Å². The van der Waals surface area contributed by atoms with Crippen molar-refractivity contribution in [3.63, 3.8) is 0 Å². The number of nitrogens with one attached hydrogen (secondary N) is 2. The Bertz CT molecular complexity index is 1200. The Hall–Kier alpha value is -3.07. The van der Waals surface area contributed by atoms with E-state index in [-0.39, 0.29) is 0 Å². The number of aromatic amines is 1. The zero-order valence-electron chi connectivity index (χ0n) is 15.1. The molecule has 0 bridgehead atoms. The van der Waals surface area contributed by atoms with Gasteiger partial charge in [0, 0.05) is 47.2 Å². The molecule has 138 valence electrons. The van der Waals surface area contributed by atoms with Crippen molar-refractivity contribution in [3.8, 4) is 23.0 Å². The minimum atomic E-state index is 0.426. The first kappa shape index (κ1) is 17.1. The molecule has 2 N–H and O–H groups in total. The SMILES string of the molecule is Clc1ccccc1C#Cc1c[nH]c2ncc(-c3cnn(C4CCNC4)c3)cc12. The zero-order chi connectivity index (χ0) is 18.9. The number of rotatable bonds is 2. The molecule has 1 fully saturated rings. The summed E-state index contributed by atoms with van der Waals surface area (Å²) < 4.78 is 2.05. The van der Waals surface area contributed by atoms with Gasteiger partial charge in [-0.2, -0.15) is 5.10 Å². The number of fused-ring (bicyclic) bond motifs is 1. The third-order valence-corrected chi connectivity index (χ3v) is 5.41. The summed E-state index contributed by atoms with van der Waals surface area (Å²) in [7, 11) is 0. The van der Waals surface area contributed by atoms with Crippen LogP contribution in [-0.2, 0) is 0 Å². The number of pyridine rings is 1. The van der Waals surface area contributed by atoms with Crippen molar-refractivity contribution < 1.29 is 0 Å². The summed E-state index contributed by atoms with van der Waals surface area (Å²) in [6, 6.07) is 10.1. The van der Waals surface area contributed by atoms with E-state index in [0.29, 0.717) is 11.1 Å². The summed E-state index contributed by atoms with van der Waals surface area (Å²) in [5.41, 5.74) is 4.63. The van der Waals surface area contributed by atoms with Crippen molar-refractivity contribution in [2.24, 2.45) is 0 Å². The number of hydrogen-bond acceptors (Lipinski definition) is 3. The molecule has 1 atom stereocenters. The lowest BCUT2D eigenvalue weighted by molar-refractivity contribution is 0.491. The first-order chi connectivity index (χ1) is 13.8. The van der Waals surface area contributed by atoms with Gasteiger partial charge in [0.15, 0.2) is 0 Å². The van der Waals surface area contributed by atoms with Crippen LogP contribution in [0, 0.1) is 11.8 Å². The van der Waals surface area contributed by atoms with Crippen LogP contribution in [0.4, 0.5) is 0 Å². The molecule has 0 amide bonds. The monoisotopic (exact) mass is 387 g/mol. The number of benzene rings is 1. The molecule has 1 saturated heterocycles. The van der Waals surface area contributed by atoms with E-state index in [0.717, 1.165) is 52.8 Å². The van der Waals surface area contributed by atoms with Crippen LogP contribution in [0.2, 0.25) is 5.02 Å². The largest absolute Gasteiger partial charge is 0.345 e. The van der Waals surface area contributed by atoms with Crippen molar-refractivity contribution in [3.05, 3.63) is 71.3 Å². The number of halogens is 1. The minimum absolute atomic E-state index is 0.426. The lowest BCUT2D eigenvalue weighted by Gasteiger charge is -2.07. The third-order valence-electron chi connectivity index (χ3n) is 5.08. The fourth-order valence-electron chi connectivity index (χ4n) is 3.51. The van der Waals surface area contributed by atoms with E-state index in [1.165, 1.54) is 0 Å². The van der Waals surface area contributed by atoms with Crippen molar-refractivity contribution >= 4 is 22.6 Å². The van der Waals surface area contributed by atoms with Crippen LogP contribution in [0.1, 0.15) is 23.6 Å². The number of hydrogen-bond donors (Lipinski definition) is 2. The zero-order valence-corrected chi connectivity index (χ0v) is 15.9. The topological polar surface area (TPSA) is 58.5 Å². The second-order valence-electron chi connectivity index (χ2n) is 6.91. The van der Waals surface area contributed by atoms with Crippen molar-refractivity contribution in [1.82, 2.24) is 25.1 Å². The summed E-state index contributed by atoms with van der Waals surface area (Å²) >= 11 is 6.21. The molecule has 5 nitrogen and oxygen atoms in total. The highest BCUT2D eigenvalue weighted by molar-refractivity contribution is 6.31. The third kappa shape index (κ3) is 3.18. The predicted molar refractivity (Wildman–Crippen MR) is 111 cm³/mol. The van der Waals surface area contributed by atoms with Crippen LogP contribution >= 0.6 is 11.6 Å². The maximum absolute atomic E-state index is 6.21. The maximum Gasteiger partial charge on any atom is 0.138 e. The normalized spacial score (nSPS) is 16.2.